The fraction of sp³-hybridized carbons (Fsp3) is 0.394. The summed E-state index contributed by atoms with van der Waals surface area (Å²) in [5.41, 5.74) is 0.509. The summed E-state index contributed by atoms with van der Waals surface area (Å²) in [5, 5.41) is 12.6. The summed E-state index contributed by atoms with van der Waals surface area (Å²) in [7, 11) is 1.56. The van der Waals surface area contributed by atoms with Gasteiger partial charge in [-0.25, -0.2) is 13.6 Å². The molecule has 0 aromatic heterocycles. The Morgan fingerprint density at radius 3 is 2.55 bits per heavy atom. The maximum absolute atomic E-state index is 14.0. The predicted octanol–water partition coefficient (Wildman–Crippen LogP) is 5.26. The van der Waals surface area contributed by atoms with Crippen LogP contribution in [0.5, 0.6) is 5.75 Å². The Labute approximate surface area is 256 Å². The van der Waals surface area contributed by atoms with Crippen LogP contribution in [0.25, 0.3) is 0 Å². The summed E-state index contributed by atoms with van der Waals surface area (Å²) in [4.78, 5) is 39.3. The number of esters is 1. The molecule has 1 atom stereocenters. The van der Waals surface area contributed by atoms with E-state index in [4.69, 9.17) is 14.9 Å². The lowest BCUT2D eigenvalue weighted by Crippen LogP contribution is -2.51. The summed E-state index contributed by atoms with van der Waals surface area (Å²) >= 11 is 0. The van der Waals surface area contributed by atoms with Gasteiger partial charge in [0.1, 0.15) is 35.6 Å². The molecule has 0 bridgehead atoms. The number of carbonyl (C=O) groups excluding carboxylic acids is 3. The number of urea groups is 1. The first-order chi connectivity index (χ1) is 20.6. The molecule has 44 heavy (non-hydrogen) atoms. The number of benzene rings is 2. The van der Waals surface area contributed by atoms with Gasteiger partial charge < -0.3 is 30.4 Å². The molecule has 1 aliphatic heterocycles. The van der Waals surface area contributed by atoms with E-state index >= 15 is 0 Å². The van der Waals surface area contributed by atoms with Crippen molar-refractivity contribution < 1.29 is 32.6 Å². The Balaban J connectivity index is 1.63. The van der Waals surface area contributed by atoms with Crippen molar-refractivity contribution in [2.75, 3.05) is 18.6 Å². The van der Waals surface area contributed by atoms with Crippen LogP contribution in [0.2, 0.25) is 0 Å². The number of likely N-dealkylation sites (N-methyl/N-ethyl adjacent to an activating group) is 1. The molecular weight excluding hydrogens is 570 g/mol. The fourth-order valence-electron chi connectivity index (χ4n) is 4.18. The van der Waals surface area contributed by atoms with Crippen LogP contribution in [0.3, 0.4) is 0 Å². The number of anilines is 1. The molecule has 0 aliphatic carbocycles. The number of amides is 3. The summed E-state index contributed by atoms with van der Waals surface area (Å²) in [5.74, 6) is 4.58. The van der Waals surface area contributed by atoms with Crippen molar-refractivity contribution in [3.05, 3.63) is 70.9 Å². The summed E-state index contributed by atoms with van der Waals surface area (Å²) in [6, 6.07) is 6.55. The third-order valence-corrected chi connectivity index (χ3v) is 6.56. The van der Waals surface area contributed by atoms with Gasteiger partial charge in [0.2, 0.25) is 0 Å². The van der Waals surface area contributed by atoms with Gasteiger partial charge in [-0.1, -0.05) is 17.9 Å². The van der Waals surface area contributed by atoms with Gasteiger partial charge in [-0.15, -0.1) is 0 Å². The molecule has 0 saturated heterocycles. The normalized spacial score (nSPS) is 15.2. The Hall–Kier alpha value is -4.72. The minimum absolute atomic E-state index is 0.0500. The van der Waals surface area contributed by atoms with Crippen LogP contribution in [0.1, 0.15) is 58.6 Å². The smallest absolute Gasteiger partial charge is 0.319 e. The predicted molar refractivity (Wildman–Crippen MR) is 163 cm³/mol. The van der Waals surface area contributed by atoms with Crippen LogP contribution in [0, 0.1) is 34.3 Å². The number of ether oxygens (including phenoxy) is 2. The molecular formula is C33H38F2N4O5. The quantitative estimate of drug-likeness (QED) is 0.214. The zero-order chi connectivity index (χ0) is 32.7. The molecule has 1 aliphatic rings. The van der Waals surface area contributed by atoms with Crippen molar-refractivity contribution in [3.8, 4) is 17.6 Å². The Morgan fingerprint density at radius 2 is 1.89 bits per heavy atom. The van der Waals surface area contributed by atoms with E-state index < -0.39 is 40.6 Å². The Morgan fingerprint density at radius 1 is 1.16 bits per heavy atom. The van der Waals surface area contributed by atoms with Crippen molar-refractivity contribution in [2.24, 2.45) is 5.41 Å². The third kappa shape index (κ3) is 9.93. The molecule has 3 rings (SSSR count). The molecule has 3 N–H and O–H groups in total. The van der Waals surface area contributed by atoms with E-state index in [1.807, 2.05) is 34.6 Å². The van der Waals surface area contributed by atoms with Crippen molar-refractivity contribution in [1.82, 2.24) is 10.6 Å². The Kier molecular flexibility index (Phi) is 10.9. The molecule has 2 aromatic rings. The number of halogens is 2. The summed E-state index contributed by atoms with van der Waals surface area (Å²) in [6.45, 7) is 9.21. The number of rotatable bonds is 8. The first kappa shape index (κ1) is 33.8. The van der Waals surface area contributed by atoms with E-state index in [2.05, 4.69) is 22.5 Å². The molecule has 0 radical (unpaired) electrons. The number of nitrogens with one attached hydrogen (secondary N) is 3. The minimum atomic E-state index is -1.03. The monoisotopic (exact) mass is 608 g/mol. The standard InChI is InChI=1S/C33H38F2N4O5/c1-32(2,3)44-29(40)12-14-33(4,5)13-11-21-7-10-28-27(16-21)39(6)30(41)26(20-43-28)38-31(42)37-19-22(18-36)15-23-8-9-24(34)17-25(23)35/h7-10,16-19,26,36H,12,14-15,20H2,1-6H3,(H2,37,38,42)/b22-19-,36-18?/t26-/m0/s1. The van der Waals surface area contributed by atoms with Crippen molar-refractivity contribution in [2.45, 2.75) is 65.5 Å². The summed E-state index contributed by atoms with van der Waals surface area (Å²) < 4.78 is 38.4. The van der Waals surface area contributed by atoms with E-state index in [9.17, 15) is 23.2 Å². The number of fused-ring (bicyclic) bond motifs is 1. The van der Waals surface area contributed by atoms with Crippen LogP contribution in [0.15, 0.2) is 48.2 Å². The van der Waals surface area contributed by atoms with Crippen LogP contribution >= 0.6 is 0 Å². The number of nitrogens with zero attached hydrogens (tertiary/aromatic N) is 1. The largest absolute Gasteiger partial charge is 0.489 e. The van der Waals surface area contributed by atoms with E-state index in [0.717, 1.165) is 18.3 Å². The highest BCUT2D eigenvalue weighted by atomic mass is 19.1. The highest BCUT2D eigenvalue weighted by molar-refractivity contribution is 6.00. The maximum Gasteiger partial charge on any atom is 0.319 e. The molecule has 0 saturated carbocycles. The van der Waals surface area contributed by atoms with Gasteiger partial charge >= 0.3 is 12.0 Å². The van der Waals surface area contributed by atoms with E-state index in [-0.39, 0.29) is 36.6 Å². The van der Waals surface area contributed by atoms with Crippen molar-refractivity contribution >= 4 is 29.8 Å². The fourth-order valence-corrected chi connectivity index (χ4v) is 4.18. The lowest BCUT2D eigenvalue weighted by molar-refractivity contribution is -0.155. The second kappa shape index (κ2) is 14.2. The number of allylic oxidation sites excluding steroid dienone is 1. The number of carbonyl (C=O) groups is 3. The number of hydrogen-bond acceptors (Lipinski definition) is 6. The van der Waals surface area contributed by atoms with Crippen LogP contribution in [0.4, 0.5) is 19.3 Å². The molecule has 3 amide bonds. The molecule has 234 valence electrons. The Bertz CT molecular complexity index is 1520. The zero-order valence-electron chi connectivity index (χ0n) is 25.8. The van der Waals surface area contributed by atoms with Gasteiger partial charge in [0.25, 0.3) is 5.91 Å². The average molecular weight is 609 g/mol. The van der Waals surface area contributed by atoms with E-state index in [1.54, 1.807) is 25.2 Å². The topological polar surface area (TPSA) is 121 Å². The second-order valence-electron chi connectivity index (χ2n) is 12.1. The van der Waals surface area contributed by atoms with Gasteiger partial charge in [-0.3, -0.25) is 9.59 Å². The van der Waals surface area contributed by atoms with Crippen LogP contribution < -0.4 is 20.3 Å². The van der Waals surface area contributed by atoms with Gasteiger partial charge in [0.15, 0.2) is 0 Å². The highest BCUT2D eigenvalue weighted by Gasteiger charge is 2.30. The highest BCUT2D eigenvalue weighted by Crippen LogP contribution is 2.32. The SMILES string of the molecule is CN1C(=O)[C@@H](NC(=O)N/C=C(\C=N)Cc2ccc(F)cc2F)COc2ccc(C#CC(C)(C)CCC(=O)OC(C)(C)C)cc21. The molecule has 1 heterocycles. The molecule has 0 unspecified atom stereocenters. The zero-order valence-corrected chi connectivity index (χ0v) is 25.8. The average Bonchev–Trinajstić information content (AvgIpc) is 3.05. The first-order valence-electron chi connectivity index (χ1n) is 14.1. The van der Waals surface area contributed by atoms with Crippen LogP contribution in [-0.4, -0.2) is 49.4 Å². The first-order valence-corrected chi connectivity index (χ1v) is 14.1. The maximum atomic E-state index is 14.0. The van der Waals surface area contributed by atoms with Gasteiger partial charge in [0, 0.05) is 49.3 Å². The third-order valence-electron chi connectivity index (χ3n) is 6.56. The van der Waals surface area contributed by atoms with Crippen molar-refractivity contribution in [3.63, 3.8) is 0 Å². The van der Waals surface area contributed by atoms with Crippen molar-refractivity contribution in [1.29, 1.82) is 5.41 Å². The number of hydrogen-bond donors (Lipinski definition) is 3. The second-order valence-corrected chi connectivity index (χ2v) is 12.1. The van der Waals surface area contributed by atoms with E-state index in [0.29, 0.717) is 23.4 Å². The van der Waals surface area contributed by atoms with Gasteiger partial charge in [-0.05, 0) is 76.4 Å². The van der Waals surface area contributed by atoms with Gasteiger partial charge in [0.05, 0.1) is 5.69 Å². The molecule has 11 heteroatoms. The van der Waals surface area contributed by atoms with Crippen LogP contribution in [-0.2, 0) is 20.7 Å². The minimum Gasteiger partial charge on any atom is -0.489 e. The lowest BCUT2D eigenvalue weighted by Gasteiger charge is -2.22. The molecule has 0 spiro atoms. The lowest BCUT2D eigenvalue weighted by atomic mass is 9.88. The van der Waals surface area contributed by atoms with E-state index in [1.165, 1.54) is 17.2 Å². The summed E-state index contributed by atoms with van der Waals surface area (Å²) in [6.07, 6.45) is 2.85. The van der Waals surface area contributed by atoms with Gasteiger partial charge in [-0.2, -0.15) is 0 Å². The molecule has 9 nitrogen and oxygen atoms in total. The molecule has 2 aromatic carbocycles. The molecule has 0 fully saturated rings.